The highest BCUT2D eigenvalue weighted by atomic mass is 16.2. The standard InChI is InChI=1S/C16H15N3O2/c1-2-15(20)18-13-9-6-10-14(17-13)19-16(21)11-12-7-4-3-5-8-12/h2-10H,1,11H2,(H2,17,18,19,20,21). The monoisotopic (exact) mass is 281 g/mol. The van der Waals surface area contributed by atoms with Gasteiger partial charge in [-0.3, -0.25) is 9.59 Å². The molecular weight excluding hydrogens is 266 g/mol. The molecule has 2 N–H and O–H groups in total. The first-order chi connectivity index (χ1) is 10.2. The zero-order valence-electron chi connectivity index (χ0n) is 11.4. The second-order valence-corrected chi connectivity index (χ2v) is 4.31. The average Bonchev–Trinajstić information content (AvgIpc) is 2.48. The Morgan fingerprint density at radius 3 is 2.33 bits per heavy atom. The minimum atomic E-state index is -0.352. The summed E-state index contributed by atoms with van der Waals surface area (Å²) in [5.41, 5.74) is 0.922. The second kappa shape index (κ2) is 7.00. The molecule has 1 heterocycles. The smallest absolute Gasteiger partial charge is 0.248 e. The van der Waals surface area contributed by atoms with Crippen LogP contribution in [-0.2, 0) is 16.0 Å². The van der Waals surface area contributed by atoms with Crippen molar-refractivity contribution in [3.63, 3.8) is 0 Å². The van der Waals surface area contributed by atoms with Crippen LogP contribution in [0.2, 0.25) is 0 Å². The van der Waals surface area contributed by atoms with Crippen molar-refractivity contribution in [3.05, 3.63) is 66.7 Å². The maximum atomic E-state index is 11.9. The molecule has 1 aromatic heterocycles. The number of carbonyl (C=O) groups excluding carboxylic acids is 2. The summed E-state index contributed by atoms with van der Waals surface area (Å²) in [6.45, 7) is 3.36. The van der Waals surface area contributed by atoms with Gasteiger partial charge in [-0.25, -0.2) is 4.98 Å². The van der Waals surface area contributed by atoms with Gasteiger partial charge < -0.3 is 10.6 Å². The van der Waals surface area contributed by atoms with E-state index in [1.165, 1.54) is 0 Å². The van der Waals surface area contributed by atoms with Crippen molar-refractivity contribution in [2.75, 3.05) is 10.6 Å². The molecule has 0 aliphatic carbocycles. The third-order valence-electron chi connectivity index (χ3n) is 2.66. The molecule has 0 aliphatic heterocycles. The van der Waals surface area contributed by atoms with Crippen molar-refractivity contribution in [1.29, 1.82) is 0 Å². The molecule has 0 spiro atoms. The molecule has 0 fully saturated rings. The summed E-state index contributed by atoms with van der Waals surface area (Å²) in [5, 5.41) is 5.23. The summed E-state index contributed by atoms with van der Waals surface area (Å²) >= 11 is 0. The van der Waals surface area contributed by atoms with Gasteiger partial charge in [-0.2, -0.15) is 0 Å². The molecular formula is C16H15N3O2. The third kappa shape index (κ3) is 4.58. The number of amides is 2. The van der Waals surface area contributed by atoms with E-state index in [0.29, 0.717) is 11.6 Å². The van der Waals surface area contributed by atoms with Crippen LogP contribution < -0.4 is 10.6 Å². The highest BCUT2D eigenvalue weighted by Gasteiger charge is 2.06. The molecule has 0 bridgehead atoms. The normalized spacial score (nSPS) is 9.71. The lowest BCUT2D eigenvalue weighted by Gasteiger charge is -2.07. The molecule has 2 rings (SSSR count). The Labute approximate surface area is 122 Å². The van der Waals surface area contributed by atoms with Gasteiger partial charge >= 0.3 is 0 Å². The second-order valence-electron chi connectivity index (χ2n) is 4.31. The first-order valence-electron chi connectivity index (χ1n) is 6.41. The number of pyridine rings is 1. The number of anilines is 2. The van der Waals surface area contributed by atoms with Crippen LogP contribution in [0.5, 0.6) is 0 Å². The van der Waals surface area contributed by atoms with Crippen LogP contribution >= 0.6 is 0 Å². The number of aromatic nitrogens is 1. The highest BCUT2D eigenvalue weighted by molar-refractivity contribution is 5.98. The van der Waals surface area contributed by atoms with Crippen molar-refractivity contribution < 1.29 is 9.59 Å². The van der Waals surface area contributed by atoms with Crippen LogP contribution in [0.4, 0.5) is 11.6 Å². The Morgan fingerprint density at radius 2 is 1.67 bits per heavy atom. The minimum Gasteiger partial charge on any atom is -0.310 e. The Balaban J connectivity index is 1.99. The van der Waals surface area contributed by atoms with E-state index >= 15 is 0 Å². The number of hydrogen-bond acceptors (Lipinski definition) is 3. The quantitative estimate of drug-likeness (QED) is 0.827. The summed E-state index contributed by atoms with van der Waals surface area (Å²) in [7, 11) is 0. The number of hydrogen-bond donors (Lipinski definition) is 2. The molecule has 0 saturated heterocycles. The van der Waals surface area contributed by atoms with Gasteiger partial charge in [0.2, 0.25) is 11.8 Å². The van der Waals surface area contributed by atoms with E-state index in [1.807, 2.05) is 30.3 Å². The summed E-state index contributed by atoms with van der Waals surface area (Å²) < 4.78 is 0. The third-order valence-corrected chi connectivity index (χ3v) is 2.66. The molecule has 0 unspecified atom stereocenters. The predicted octanol–water partition coefficient (Wildman–Crippen LogP) is 2.39. The lowest BCUT2D eigenvalue weighted by Crippen LogP contribution is -2.16. The molecule has 0 radical (unpaired) electrons. The Kier molecular flexibility index (Phi) is 4.82. The van der Waals surface area contributed by atoms with Crippen LogP contribution in [0.1, 0.15) is 5.56 Å². The molecule has 1 aromatic carbocycles. The minimum absolute atomic E-state index is 0.166. The lowest BCUT2D eigenvalue weighted by molar-refractivity contribution is -0.115. The van der Waals surface area contributed by atoms with Gasteiger partial charge in [0.15, 0.2) is 0 Å². The van der Waals surface area contributed by atoms with E-state index in [9.17, 15) is 9.59 Å². The Hall–Kier alpha value is -2.95. The fourth-order valence-corrected chi connectivity index (χ4v) is 1.72. The Bertz CT molecular complexity index is 654. The first kappa shape index (κ1) is 14.5. The van der Waals surface area contributed by atoms with Crippen LogP contribution in [0, 0.1) is 0 Å². The average molecular weight is 281 g/mol. The largest absolute Gasteiger partial charge is 0.310 e. The molecule has 2 amide bonds. The van der Waals surface area contributed by atoms with E-state index in [-0.39, 0.29) is 18.2 Å². The fraction of sp³-hybridized carbons (Fsp3) is 0.0625. The van der Waals surface area contributed by atoms with E-state index in [2.05, 4.69) is 22.2 Å². The molecule has 106 valence electrons. The number of carbonyl (C=O) groups is 2. The van der Waals surface area contributed by atoms with Crippen molar-refractivity contribution >= 4 is 23.5 Å². The summed E-state index contributed by atoms with van der Waals surface area (Å²) in [5.74, 6) is 0.228. The zero-order chi connectivity index (χ0) is 15.1. The molecule has 2 aromatic rings. The van der Waals surface area contributed by atoms with Gasteiger partial charge in [0.05, 0.1) is 6.42 Å². The predicted molar refractivity (Wildman–Crippen MR) is 81.8 cm³/mol. The SMILES string of the molecule is C=CC(=O)Nc1cccc(NC(=O)Cc2ccccc2)n1. The highest BCUT2D eigenvalue weighted by Crippen LogP contribution is 2.10. The van der Waals surface area contributed by atoms with Crippen LogP contribution in [0.25, 0.3) is 0 Å². The zero-order valence-corrected chi connectivity index (χ0v) is 11.4. The molecule has 5 heteroatoms. The molecule has 0 atom stereocenters. The lowest BCUT2D eigenvalue weighted by atomic mass is 10.1. The van der Waals surface area contributed by atoms with Crippen molar-refractivity contribution in [2.45, 2.75) is 6.42 Å². The van der Waals surface area contributed by atoms with Crippen molar-refractivity contribution in [2.24, 2.45) is 0 Å². The van der Waals surface area contributed by atoms with Gasteiger partial charge in [0.25, 0.3) is 0 Å². The van der Waals surface area contributed by atoms with Gasteiger partial charge in [0, 0.05) is 0 Å². The Morgan fingerprint density at radius 1 is 1.00 bits per heavy atom. The summed E-state index contributed by atoms with van der Waals surface area (Å²) in [6, 6.07) is 14.4. The van der Waals surface area contributed by atoms with E-state index in [1.54, 1.807) is 18.2 Å². The number of nitrogens with one attached hydrogen (secondary N) is 2. The van der Waals surface area contributed by atoms with Gasteiger partial charge in [-0.05, 0) is 23.8 Å². The van der Waals surface area contributed by atoms with Crippen LogP contribution in [0.3, 0.4) is 0 Å². The van der Waals surface area contributed by atoms with E-state index < -0.39 is 0 Å². The maximum absolute atomic E-state index is 11.9. The summed E-state index contributed by atoms with van der Waals surface area (Å²) in [6.07, 6.45) is 1.42. The van der Waals surface area contributed by atoms with Crippen molar-refractivity contribution in [3.8, 4) is 0 Å². The molecule has 0 saturated carbocycles. The first-order valence-corrected chi connectivity index (χ1v) is 6.41. The van der Waals surface area contributed by atoms with Crippen LogP contribution in [-0.4, -0.2) is 16.8 Å². The topological polar surface area (TPSA) is 71.1 Å². The molecule has 5 nitrogen and oxygen atoms in total. The van der Waals surface area contributed by atoms with E-state index in [0.717, 1.165) is 11.6 Å². The van der Waals surface area contributed by atoms with Crippen LogP contribution in [0.15, 0.2) is 61.2 Å². The fourth-order valence-electron chi connectivity index (χ4n) is 1.72. The van der Waals surface area contributed by atoms with Gasteiger partial charge in [-0.1, -0.05) is 43.0 Å². The van der Waals surface area contributed by atoms with Gasteiger partial charge in [-0.15, -0.1) is 0 Å². The maximum Gasteiger partial charge on any atom is 0.248 e. The van der Waals surface area contributed by atoms with Crippen molar-refractivity contribution in [1.82, 2.24) is 4.98 Å². The molecule has 0 aliphatic rings. The van der Waals surface area contributed by atoms with E-state index in [4.69, 9.17) is 0 Å². The van der Waals surface area contributed by atoms with Gasteiger partial charge in [0.1, 0.15) is 11.6 Å². The number of benzene rings is 1. The number of rotatable bonds is 5. The number of nitrogens with zero attached hydrogens (tertiary/aromatic N) is 1. The molecule has 21 heavy (non-hydrogen) atoms. The summed E-state index contributed by atoms with van der Waals surface area (Å²) in [4.78, 5) is 27.2.